The van der Waals surface area contributed by atoms with E-state index in [4.69, 9.17) is 21.7 Å². The van der Waals surface area contributed by atoms with Gasteiger partial charge in [0.1, 0.15) is 13.2 Å². The Bertz CT molecular complexity index is 749. The van der Waals surface area contributed by atoms with Crippen molar-refractivity contribution < 1.29 is 19.1 Å². The zero-order valence-electron chi connectivity index (χ0n) is 16.2. The van der Waals surface area contributed by atoms with Crippen LogP contribution in [0.5, 0.6) is 0 Å². The Hall–Kier alpha value is -2.93. The average Bonchev–Trinajstić information content (AvgIpc) is 2.65. The Morgan fingerprint density at radius 3 is 1.61 bits per heavy atom. The highest BCUT2D eigenvalue weighted by Crippen LogP contribution is 2.10. The van der Waals surface area contributed by atoms with Gasteiger partial charge in [0.15, 0.2) is 5.11 Å². The highest BCUT2D eigenvalue weighted by atomic mass is 32.1. The summed E-state index contributed by atoms with van der Waals surface area (Å²) in [5.74, 6) is 0. The maximum absolute atomic E-state index is 12.6. The molecular formula is C21H24N2O4S. The quantitative estimate of drug-likeness (QED) is 0.755. The summed E-state index contributed by atoms with van der Waals surface area (Å²) in [5, 5.41) is 2.85. The summed E-state index contributed by atoms with van der Waals surface area (Å²) in [5.41, 5.74) is 1.14. The Morgan fingerprint density at radius 1 is 0.857 bits per heavy atom. The number of thiocarbonyl (C=S) groups is 1. The summed E-state index contributed by atoms with van der Waals surface area (Å²) in [6, 6.07) is 18.3. The molecule has 0 saturated heterocycles. The van der Waals surface area contributed by atoms with Crippen molar-refractivity contribution in [3.05, 3.63) is 71.8 Å². The molecule has 0 heterocycles. The molecule has 148 valence electrons. The van der Waals surface area contributed by atoms with Crippen LogP contribution in [-0.2, 0) is 22.7 Å². The molecular weight excluding hydrogens is 376 g/mol. The van der Waals surface area contributed by atoms with Crippen LogP contribution in [0.4, 0.5) is 9.59 Å². The predicted octanol–water partition coefficient (Wildman–Crippen LogP) is 4.64. The van der Waals surface area contributed by atoms with Crippen LogP contribution < -0.4 is 5.32 Å². The smallest absolute Gasteiger partial charge is 0.426 e. The second-order valence-corrected chi connectivity index (χ2v) is 7.48. The SMILES string of the molecule is CC(C)(C)NC(=S)N(C(=O)OCc1ccccc1)C(=O)OCc1ccccc1. The summed E-state index contributed by atoms with van der Waals surface area (Å²) >= 11 is 5.25. The first-order valence-corrected chi connectivity index (χ1v) is 9.21. The standard InChI is InChI=1S/C21H24N2O4S/c1-21(2,3)22-18(28)23(19(24)26-14-16-10-6-4-7-11-16)20(25)27-15-17-12-8-5-9-13-17/h4-13H,14-15H2,1-3H3,(H,22,28). The molecule has 0 aliphatic heterocycles. The highest BCUT2D eigenvalue weighted by Gasteiger charge is 2.31. The summed E-state index contributed by atoms with van der Waals surface area (Å²) in [7, 11) is 0. The molecule has 0 radical (unpaired) electrons. The minimum absolute atomic E-state index is 0.0142. The van der Waals surface area contributed by atoms with Crippen molar-refractivity contribution in [1.82, 2.24) is 10.2 Å². The molecule has 0 aliphatic rings. The van der Waals surface area contributed by atoms with E-state index in [1.165, 1.54) is 0 Å². The van der Waals surface area contributed by atoms with Crippen molar-refractivity contribution in [3.8, 4) is 0 Å². The monoisotopic (exact) mass is 400 g/mol. The number of carbonyl (C=O) groups excluding carboxylic acids is 2. The zero-order valence-corrected chi connectivity index (χ0v) is 17.0. The number of imide groups is 1. The number of hydrogen-bond donors (Lipinski definition) is 1. The van der Waals surface area contributed by atoms with E-state index in [-0.39, 0.29) is 18.3 Å². The largest absolute Gasteiger partial charge is 0.444 e. The molecule has 1 N–H and O–H groups in total. The van der Waals surface area contributed by atoms with E-state index in [2.05, 4.69) is 5.32 Å². The van der Waals surface area contributed by atoms with E-state index in [1.807, 2.05) is 81.4 Å². The van der Waals surface area contributed by atoms with Gasteiger partial charge >= 0.3 is 12.2 Å². The molecule has 0 fully saturated rings. The molecule has 0 aliphatic carbocycles. The fourth-order valence-electron chi connectivity index (χ4n) is 2.18. The second-order valence-electron chi connectivity index (χ2n) is 7.10. The van der Waals surface area contributed by atoms with Gasteiger partial charge in [-0.2, -0.15) is 4.90 Å². The van der Waals surface area contributed by atoms with Crippen LogP contribution in [0, 0.1) is 0 Å². The number of hydrogen-bond acceptors (Lipinski definition) is 5. The minimum Gasteiger partial charge on any atom is -0.444 e. The van der Waals surface area contributed by atoms with Gasteiger partial charge in [-0.25, -0.2) is 9.59 Å². The third-order valence-electron chi connectivity index (χ3n) is 3.46. The summed E-state index contributed by atoms with van der Waals surface area (Å²) < 4.78 is 10.5. The number of amides is 2. The van der Waals surface area contributed by atoms with Gasteiger partial charge in [-0.15, -0.1) is 0 Å². The third-order valence-corrected chi connectivity index (χ3v) is 3.75. The maximum atomic E-state index is 12.6. The molecule has 2 amide bonds. The predicted molar refractivity (Wildman–Crippen MR) is 111 cm³/mol. The maximum Gasteiger partial charge on any atom is 0.426 e. The first kappa shape index (κ1) is 21.4. The first-order valence-electron chi connectivity index (χ1n) is 8.80. The summed E-state index contributed by atoms with van der Waals surface area (Å²) in [6.45, 7) is 5.62. The van der Waals surface area contributed by atoms with Crippen LogP contribution in [0.1, 0.15) is 31.9 Å². The van der Waals surface area contributed by atoms with Crippen LogP contribution in [0.3, 0.4) is 0 Å². The van der Waals surface area contributed by atoms with Crippen LogP contribution in [-0.4, -0.2) is 27.7 Å². The summed E-state index contributed by atoms with van der Waals surface area (Å²) in [4.78, 5) is 25.8. The topological polar surface area (TPSA) is 67.9 Å². The lowest BCUT2D eigenvalue weighted by Gasteiger charge is -2.27. The van der Waals surface area contributed by atoms with Gasteiger partial charge in [0.2, 0.25) is 0 Å². The van der Waals surface area contributed by atoms with Crippen molar-refractivity contribution >= 4 is 29.5 Å². The molecule has 2 aromatic carbocycles. The lowest BCUT2D eigenvalue weighted by atomic mass is 10.1. The van der Waals surface area contributed by atoms with E-state index in [1.54, 1.807) is 0 Å². The first-order chi connectivity index (χ1) is 13.3. The number of nitrogens with one attached hydrogen (secondary N) is 1. The van der Waals surface area contributed by atoms with Gasteiger partial charge < -0.3 is 14.8 Å². The molecule has 0 spiro atoms. The lowest BCUT2D eigenvalue weighted by Crippen LogP contribution is -2.52. The Labute approximate surface area is 170 Å². The molecule has 0 atom stereocenters. The van der Waals surface area contributed by atoms with Crippen molar-refractivity contribution in [2.45, 2.75) is 39.5 Å². The van der Waals surface area contributed by atoms with Crippen LogP contribution in [0.25, 0.3) is 0 Å². The molecule has 7 heteroatoms. The average molecular weight is 401 g/mol. The van der Waals surface area contributed by atoms with Crippen molar-refractivity contribution in [2.24, 2.45) is 0 Å². The van der Waals surface area contributed by atoms with E-state index >= 15 is 0 Å². The molecule has 0 saturated carbocycles. The van der Waals surface area contributed by atoms with Crippen molar-refractivity contribution in [1.29, 1.82) is 0 Å². The number of ether oxygens (including phenoxy) is 2. The molecule has 2 aromatic rings. The fourth-order valence-corrected chi connectivity index (χ4v) is 2.64. The van der Waals surface area contributed by atoms with Crippen LogP contribution in [0.15, 0.2) is 60.7 Å². The zero-order chi connectivity index (χ0) is 20.6. The van der Waals surface area contributed by atoms with Crippen molar-refractivity contribution in [3.63, 3.8) is 0 Å². The number of nitrogens with zero attached hydrogens (tertiary/aromatic N) is 1. The van der Waals surface area contributed by atoms with Gasteiger partial charge in [-0.1, -0.05) is 60.7 Å². The van der Waals surface area contributed by atoms with Gasteiger partial charge in [-0.3, -0.25) is 0 Å². The van der Waals surface area contributed by atoms with Crippen molar-refractivity contribution in [2.75, 3.05) is 0 Å². The Kier molecular flexibility index (Phi) is 7.52. The fraction of sp³-hybridized carbons (Fsp3) is 0.286. The normalized spacial score (nSPS) is 10.7. The highest BCUT2D eigenvalue weighted by molar-refractivity contribution is 7.80. The number of carbonyl (C=O) groups is 2. The molecule has 6 nitrogen and oxygen atoms in total. The second kappa shape index (κ2) is 9.85. The van der Waals surface area contributed by atoms with Crippen LogP contribution in [0.2, 0.25) is 0 Å². The Morgan fingerprint density at radius 2 is 1.25 bits per heavy atom. The molecule has 0 unspecified atom stereocenters. The van der Waals surface area contributed by atoms with E-state index in [0.717, 1.165) is 11.1 Å². The molecule has 28 heavy (non-hydrogen) atoms. The molecule has 2 rings (SSSR count). The third kappa shape index (κ3) is 7.00. The van der Waals surface area contributed by atoms with Gasteiger partial charge in [0, 0.05) is 5.54 Å². The molecule has 0 aromatic heterocycles. The van der Waals surface area contributed by atoms with Gasteiger partial charge in [0.05, 0.1) is 0 Å². The summed E-state index contributed by atoms with van der Waals surface area (Å²) in [6.07, 6.45) is -1.80. The van der Waals surface area contributed by atoms with Gasteiger partial charge in [0.25, 0.3) is 0 Å². The number of rotatable bonds is 4. The number of benzene rings is 2. The van der Waals surface area contributed by atoms with Crippen LogP contribution >= 0.6 is 12.2 Å². The van der Waals surface area contributed by atoms with E-state index in [9.17, 15) is 9.59 Å². The van der Waals surface area contributed by atoms with Gasteiger partial charge in [-0.05, 0) is 44.1 Å². The van der Waals surface area contributed by atoms with E-state index < -0.39 is 17.7 Å². The lowest BCUT2D eigenvalue weighted by molar-refractivity contribution is 0.0884. The van der Waals surface area contributed by atoms with E-state index in [0.29, 0.717) is 4.90 Å². The molecule has 0 bridgehead atoms. The Balaban J connectivity index is 2.07. The minimum atomic E-state index is -0.899.